The Morgan fingerprint density at radius 1 is 0.818 bits per heavy atom. The second-order valence-electron chi connectivity index (χ2n) is 2.41. The van der Waals surface area contributed by atoms with Crippen molar-refractivity contribution in [3.05, 3.63) is 99.2 Å². The minimum Gasteiger partial charge on any atom is -0.358 e. The molecule has 22 heavy (non-hydrogen) atoms. The molecule has 1 unspecified atom stereocenters. The third-order valence-corrected chi connectivity index (χ3v) is 1.77. The number of hydrogen-bond acceptors (Lipinski definition) is 0. The minimum absolute atomic E-state index is 0. The van der Waals surface area contributed by atoms with Crippen molar-refractivity contribution in [3.8, 4) is 0 Å². The van der Waals surface area contributed by atoms with Crippen LogP contribution in [0.3, 0.4) is 0 Å². The zero-order valence-electron chi connectivity index (χ0n) is 14.2. The monoisotopic (exact) mass is 417 g/mol. The predicted molar refractivity (Wildman–Crippen MR) is 122 cm³/mol. The number of hydrogen-bond donors (Lipinski definition) is 0. The first-order valence-corrected chi connectivity index (χ1v) is 4.49. The predicted octanol–water partition coefficient (Wildman–Crippen LogP) is 4.58. The van der Waals surface area contributed by atoms with Gasteiger partial charge in [0.25, 0.3) is 0 Å². The molecule has 0 nitrogen and oxygen atoms in total. The minimum atomic E-state index is 0. The second-order valence-corrected chi connectivity index (χ2v) is 3.08. The van der Waals surface area contributed by atoms with Crippen LogP contribution in [0.25, 0.3) is 0 Å². The molecule has 1 aliphatic rings. The van der Waals surface area contributed by atoms with Crippen LogP contribution < -0.4 is 5.30 Å². The molecule has 0 N–H and O–H groups in total. The molecule has 2 rings (SSSR count). The molecule has 138 valence electrons. The average molecular weight is 418 g/mol. The van der Waals surface area contributed by atoms with Gasteiger partial charge in [-0.1, -0.05) is 30.3 Å². The molecule has 0 saturated carbocycles. The van der Waals surface area contributed by atoms with E-state index in [1.807, 2.05) is 42.5 Å². The van der Waals surface area contributed by atoms with E-state index in [1.165, 1.54) is 5.30 Å². The molecule has 1 aromatic carbocycles. The van der Waals surface area contributed by atoms with Crippen molar-refractivity contribution in [1.29, 1.82) is 0 Å². The third-order valence-electron chi connectivity index (χ3n) is 1.39. The Kier molecular flexibility index (Phi) is 149. The van der Waals surface area contributed by atoms with Crippen molar-refractivity contribution >= 4 is 50.3 Å². The van der Waals surface area contributed by atoms with Gasteiger partial charge in [0.2, 0.25) is 0 Å². The molecule has 0 fully saturated rings. The van der Waals surface area contributed by atoms with Gasteiger partial charge in [0, 0.05) is 21.7 Å². The van der Waals surface area contributed by atoms with Gasteiger partial charge in [-0.2, -0.15) is 6.08 Å². The summed E-state index contributed by atoms with van der Waals surface area (Å²) in [5.41, 5.74) is 0. The Hall–Kier alpha value is 0.641. The molecule has 1 aromatic rings. The third kappa shape index (κ3) is 42.8. The van der Waals surface area contributed by atoms with Crippen LogP contribution in [-0.2, 0) is 21.7 Å². The summed E-state index contributed by atoms with van der Waals surface area (Å²) in [6, 6.07) is 10.1. The van der Waals surface area contributed by atoms with E-state index in [0.29, 0.717) is 0 Å². The maximum absolute atomic E-state index is 2.99. The van der Waals surface area contributed by atoms with E-state index in [0.717, 1.165) is 6.42 Å². The van der Waals surface area contributed by atoms with Gasteiger partial charge >= 0.3 is 0 Å². The van der Waals surface area contributed by atoms with Gasteiger partial charge in [-0.05, 0) is 16.3 Å². The summed E-state index contributed by atoms with van der Waals surface area (Å²) >= 11 is 0. The van der Waals surface area contributed by atoms with E-state index >= 15 is 0 Å². The summed E-state index contributed by atoms with van der Waals surface area (Å²) in [4.78, 5) is 0. The van der Waals surface area contributed by atoms with Crippen LogP contribution in [0.5, 0.6) is 0 Å². The molecular weight excluding hydrogens is 382 g/mol. The molecule has 0 radical (unpaired) electrons. The number of rotatable bonds is 0. The van der Waals surface area contributed by atoms with Crippen molar-refractivity contribution in [2.45, 2.75) is 6.42 Å². The average Bonchev–Trinajstić information content (AvgIpc) is 2.62. The van der Waals surface area contributed by atoms with Crippen molar-refractivity contribution in [2.24, 2.45) is 0 Å². The summed E-state index contributed by atoms with van der Waals surface area (Å²) in [5, 5.41) is 1.24. The van der Waals surface area contributed by atoms with E-state index in [1.54, 1.807) is 0 Å². The van der Waals surface area contributed by atoms with Crippen molar-refractivity contribution in [1.82, 2.24) is 0 Å². The zero-order valence-corrected chi connectivity index (χ0v) is 18.6. The summed E-state index contributed by atoms with van der Waals surface area (Å²) < 4.78 is 0. The van der Waals surface area contributed by atoms with Crippen LogP contribution >= 0.6 is 34.1 Å². The van der Waals surface area contributed by atoms with Gasteiger partial charge in [0.15, 0.2) is 0 Å². The van der Waals surface area contributed by atoms with E-state index in [4.69, 9.17) is 0 Å². The Bertz CT molecular complexity index is 271. The first-order valence-electron chi connectivity index (χ1n) is 3.92. The van der Waals surface area contributed by atoms with E-state index in [2.05, 4.69) is 21.4 Å². The second kappa shape index (κ2) is 49.6. The van der Waals surface area contributed by atoms with Crippen molar-refractivity contribution in [3.63, 3.8) is 0 Å². The fourth-order valence-corrected chi connectivity index (χ4v) is 1.02. The maximum Gasteiger partial charge on any atom is 0 e. The van der Waals surface area contributed by atoms with Gasteiger partial charge in [-0.3, -0.25) is 6.08 Å². The first-order chi connectivity index (χ1) is 5.89. The Labute approximate surface area is 177 Å². The van der Waals surface area contributed by atoms with Crippen molar-refractivity contribution < 1.29 is 21.7 Å². The molecule has 0 amide bonds. The van der Waals surface area contributed by atoms with Gasteiger partial charge in [-0.25, -0.2) is 12.2 Å². The number of allylic oxidation sites excluding steroid dienone is 4. The summed E-state index contributed by atoms with van der Waals surface area (Å²) in [6.45, 7) is 0. The quantitative estimate of drug-likeness (QED) is 0.329. The van der Waals surface area contributed by atoms with Gasteiger partial charge < -0.3 is 44.6 Å². The van der Waals surface area contributed by atoms with Gasteiger partial charge in [0.05, 0.1) is 0 Å². The Balaban J connectivity index is -0.0000000114. The van der Waals surface area contributed by atoms with Crippen LogP contribution in [0.1, 0.15) is 6.42 Å². The molecular formula is C17H36Cl2PSiTi-7. The van der Waals surface area contributed by atoms with Crippen LogP contribution in [0.4, 0.5) is 0 Å². The maximum atomic E-state index is 2.99. The number of halogens is 2. The molecule has 5 heteroatoms. The van der Waals surface area contributed by atoms with Crippen LogP contribution in [0.2, 0.25) is 0 Å². The molecule has 1 aliphatic carbocycles. The standard InChI is InChI=1S/C6H7P.C5H5.6CH3.2ClH.H4Si.Ti/c7-6-4-2-1-3-5-6;1-2-4-5-3-1;;;;;;;;;;/h1-5H,7H2;1-3H,4H2;6*1H3;2*1H;1H4;/q;7*-1;;;;. The molecule has 0 saturated heterocycles. The van der Waals surface area contributed by atoms with Crippen LogP contribution in [0, 0.1) is 50.6 Å². The fraction of sp³-hybridized carbons (Fsp3) is 0.0588. The number of benzene rings is 1. The smallest absolute Gasteiger partial charge is 0 e. The SMILES string of the molecule is Cl.Cl.Pc1ccccc1.[C-]1=CC=CC1.[CH3-].[CH3-].[CH3-].[CH3-].[CH3-].[CH3-].[SiH4].[Ti]. The fourth-order valence-electron chi connectivity index (χ4n) is 0.793. The van der Waals surface area contributed by atoms with Gasteiger partial charge in [-0.15, -0.1) is 40.5 Å². The summed E-state index contributed by atoms with van der Waals surface area (Å²) in [7, 11) is 2.63. The summed E-state index contributed by atoms with van der Waals surface area (Å²) in [6.07, 6.45) is 10.0. The van der Waals surface area contributed by atoms with E-state index in [-0.39, 0.29) is 102 Å². The molecule has 0 aromatic heterocycles. The summed E-state index contributed by atoms with van der Waals surface area (Å²) in [5.74, 6) is 0. The normalized spacial score (nSPS) is 6.77. The van der Waals surface area contributed by atoms with Crippen LogP contribution in [-0.4, -0.2) is 11.0 Å². The molecule has 1 atom stereocenters. The molecule has 0 bridgehead atoms. The van der Waals surface area contributed by atoms with E-state index in [9.17, 15) is 0 Å². The zero-order chi connectivity index (χ0) is 8.65. The Morgan fingerprint density at radius 2 is 1.23 bits per heavy atom. The van der Waals surface area contributed by atoms with E-state index < -0.39 is 0 Å². The van der Waals surface area contributed by atoms with Crippen LogP contribution in [0.15, 0.2) is 48.6 Å². The Morgan fingerprint density at radius 3 is 1.36 bits per heavy atom. The van der Waals surface area contributed by atoms with Crippen molar-refractivity contribution in [2.75, 3.05) is 0 Å². The molecule has 0 spiro atoms. The molecule has 0 aliphatic heterocycles. The first kappa shape index (κ1) is 66.4. The topological polar surface area (TPSA) is 0 Å². The van der Waals surface area contributed by atoms with Gasteiger partial charge in [0.1, 0.15) is 0 Å². The largest absolute Gasteiger partial charge is 0.358 e. The molecule has 0 heterocycles.